The van der Waals surface area contributed by atoms with Crippen molar-refractivity contribution < 1.29 is 4.74 Å². The number of morpholine rings is 1. The number of imidazole rings is 1. The van der Waals surface area contributed by atoms with E-state index in [1.54, 1.807) is 6.20 Å². The molecule has 32 heavy (non-hydrogen) atoms. The van der Waals surface area contributed by atoms with Gasteiger partial charge in [-0.3, -0.25) is 19.6 Å². The van der Waals surface area contributed by atoms with E-state index in [1.807, 2.05) is 6.07 Å². The van der Waals surface area contributed by atoms with Crippen LogP contribution in [-0.4, -0.2) is 57.4 Å². The molecule has 0 amide bonds. The minimum Gasteiger partial charge on any atom is -0.379 e. The average Bonchev–Trinajstić information content (AvgIpc) is 3.35. The van der Waals surface area contributed by atoms with Gasteiger partial charge in [0.25, 0.3) is 10.9 Å². The van der Waals surface area contributed by atoms with Crippen LogP contribution in [0.25, 0.3) is 22.6 Å². The van der Waals surface area contributed by atoms with Gasteiger partial charge in [0.1, 0.15) is 17.1 Å². The molecule has 1 aliphatic carbocycles. The summed E-state index contributed by atoms with van der Waals surface area (Å²) in [6.45, 7) is 4.28. The molecule has 2 aromatic heterocycles. The van der Waals surface area contributed by atoms with Gasteiger partial charge in [0.15, 0.2) is 5.82 Å². The van der Waals surface area contributed by atoms with Crippen molar-refractivity contribution in [1.82, 2.24) is 25.1 Å². The first kappa shape index (κ1) is 19.2. The van der Waals surface area contributed by atoms with Crippen molar-refractivity contribution in [3.05, 3.63) is 50.4 Å². The summed E-state index contributed by atoms with van der Waals surface area (Å²) in [6.07, 6.45) is 3.62. The zero-order chi connectivity index (χ0) is 21.7. The zero-order valence-corrected chi connectivity index (χ0v) is 17.4. The molecule has 0 spiro atoms. The average molecular weight is 433 g/mol. The highest BCUT2D eigenvalue weighted by Gasteiger charge is 2.29. The number of hydrogen-bond acceptors (Lipinski definition) is 8. The third-order valence-corrected chi connectivity index (χ3v) is 6.03. The SMILES string of the molecule is O=c1c(Nc2cn[nH]c2-c2nc3ccc(CN4CCOCC4)cc3[nH]2)c(NC2CC2)c1=O. The van der Waals surface area contributed by atoms with E-state index in [0.29, 0.717) is 22.9 Å². The number of fused-ring (bicyclic) bond motifs is 1. The number of hydrogen-bond donors (Lipinski definition) is 4. The minimum atomic E-state index is -0.516. The van der Waals surface area contributed by atoms with Crippen LogP contribution in [-0.2, 0) is 11.3 Å². The predicted octanol–water partition coefficient (Wildman–Crippen LogP) is 1.70. The lowest BCUT2D eigenvalue weighted by molar-refractivity contribution is 0.0342. The van der Waals surface area contributed by atoms with E-state index in [4.69, 9.17) is 4.74 Å². The Morgan fingerprint density at radius 3 is 2.75 bits per heavy atom. The molecule has 0 atom stereocenters. The zero-order valence-electron chi connectivity index (χ0n) is 17.4. The van der Waals surface area contributed by atoms with Crippen LogP contribution >= 0.6 is 0 Å². The van der Waals surface area contributed by atoms with E-state index in [-0.39, 0.29) is 11.7 Å². The van der Waals surface area contributed by atoms with Crippen LogP contribution in [0.4, 0.5) is 17.1 Å². The van der Waals surface area contributed by atoms with Crippen molar-refractivity contribution in [1.29, 1.82) is 0 Å². The Bertz CT molecular complexity index is 1350. The summed E-state index contributed by atoms with van der Waals surface area (Å²) in [7, 11) is 0. The molecule has 10 nitrogen and oxygen atoms in total. The molecule has 0 bridgehead atoms. The lowest BCUT2D eigenvalue weighted by Crippen LogP contribution is -2.37. The van der Waals surface area contributed by atoms with E-state index in [9.17, 15) is 9.59 Å². The van der Waals surface area contributed by atoms with Crippen LogP contribution in [0.3, 0.4) is 0 Å². The second kappa shape index (κ2) is 7.57. The quantitative estimate of drug-likeness (QED) is 0.324. The van der Waals surface area contributed by atoms with E-state index in [0.717, 1.165) is 56.7 Å². The molecular weight excluding hydrogens is 410 g/mol. The normalized spacial score (nSPS) is 17.2. The van der Waals surface area contributed by atoms with Crippen LogP contribution in [0.1, 0.15) is 18.4 Å². The molecule has 2 aliphatic rings. The molecule has 3 heterocycles. The Morgan fingerprint density at radius 1 is 1.12 bits per heavy atom. The number of benzene rings is 1. The fourth-order valence-corrected chi connectivity index (χ4v) is 4.07. The van der Waals surface area contributed by atoms with E-state index in [1.165, 1.54) is 5.56 Å². The van der Waals surface area contributed by atoms with Crippen molar-refractivity contribution in [2.75, 3.05) is 36.9 Å². The number of H-pyrrole nitrogens is 2. The van der Waals surface area contributed by atoms with Crippen molar-refractivity contribution >= 4 is 28.1 Å². The summed E-state index contributed by atoms with van der Waals surface area (Å²) in [5.74, 6) is 0.610. The van der Waals surface area contributed by atoms with Gasteiger partial charge in [0.2, 0.25) is 0 Å². The fraction of sp³-hybridized carbons (Fsp3) is 0.364. The van der Waals surface area contributed by atoms with Crippen LogP contribution in [0.2, 0.25) is 0 Å². The number of nitrogens with zero attached hydrogens (tertiary/aromatic N) is 3. The molecular formula is C22H23N7O3. The Kier molecular flexibility index (Phi) is 4.54. The molecule has 0 unspecified atom stereocenters. The number of anilines is 3. The Balaban J connectivity index is 1.25. The van der Waals surface area contributed by atoms with Gasteiger partial charge in [0, 0.05) is 25.7 Å². The molecule has 2 fully saturated rings. The van der Waals surface area contributed by atoms with Crippen LogP contribution < -0.4 is 21.5 Å². The molecule has 10 heteroatoms. The Hall–Kier alpha value is -3.50. The maximum absolute atomic E-state index is 12.1. The first-order valence-corrected chi connectivity index (χ1v) is 10.8. The van der Waals surface area contributed by atoms with Gasteiger partial charge in [-0.2, -0.15) is 5.10 Å². The smallest absolute Gasteiger partial charge is 0.253 e. The lowest BCUT2D eigenvalue weighted by Gasteiger charge is -2.26. The summed E-state index contributed by atoms with van der Waals surface area (Å²) >= 11 is 0. The molecule has 1 saturated carbocycles. The molecule has 1 aliphatic heterocycles. The highest BCUT2D eigenvalue weighted by Crippen LogP contribution is 2.31. The number of aromatic nitrogens is 4. The summed E-state index contributed by atoms with van der Waals surface area (Å²) in [5, 5.41) is 13.3. The topological polar surface area (TPSA) is 128 Å². The molecule has 4 N–H and O–H groups in total. The first-order chi connectivity index (χ1) is 15.7. The van der Waals surface area contributed by atoms with Gasteiger partial charge in [-0.25, -0.2) is 4.98 Å². The van der Waals surface area contributed by atoms with E-state index in [2.05, 4.69) is 47.8 Å². The third-order valence-electron chi connectivity index (χ3n) is 6.03. The van der Waals surface area contributed by atoms with Crippen LogP contribution in [0.15, 0.2) is 34.0 Å². The summed E-state index contributed by atoms with van der Waals surface area (Å²) < 4.78 is 5.42. The van der Waals surface area contributed by atoms with Crippen molar-refractivity contribution in [2.45, 2.75) is 25.4 Å². The monoisotopic (exact) mass is 433 g/mol. The maximum Gasteiger partial charge on any atom is 0.253 e. The highest BCUT2D eigenvalue weighted by molar-refractivity contribution is 5.86. The number of nitrogens with one attached hydrogen (secondary N) is 4. The molecule has 6 rings (SSSR count). The molecule has 4 aromatic rings. The summed E-state index contributed by atoms with van der Waals surface area (Å²) in [4.78, 5) is 34.5. The van der Waals surface area contributed by atoms with Gasteiger partial charge < -0.3 is 20.4 Å². The first-order valence-electron chi connectivity index (χ1n) is 10.8. The summed E-state index contributed by atoms with van der Waals surface area (Å²) in [5.41, 5.74) is 3.85. The van der Waals surface area contributed by atoms with Gasteiger partial charge in [-0.05, 0) is 30.5 Å². The largest absolute Gasteiger partial charge is 0.379 e. The second-order valence-corrected chi connectivity index (χ2v) is 8.44. The lowest BCUT2D eigenvalue weighted by atomic mass is 10.1. The third kappa shape index (κ3) is 3.47. The van der Waals surface area contributed by atoms with Crippen molar-refractivity contribution in [3.63, 3.8) is 0 Å². The molecule has 0 radical (unpaired) electrons. The standard InChI is InChI=1S/C22H23N7O3/c30-20-18(24-13-2-3-13)19(21(20)31)25-16-10-23-28-17(16)22-26-14-4-1-12(9-15(14)27-22)11-29-5-7-32-8-6-29/h1,4,9-10,13,24-25H,2-3,5-8,11H2,(H,23,28)(H,26,27). The van der Waals surface area contributed by atoms with E-state index >= 15 is 0 Å². The molecule has 2 aromatic carbocycles. The second-order valence-electron chi connectivity index (χ2n) is 8.44. The minimum absolute atomic E-state index is 0.282. The Labute approximate surface area is 182 Å². The molecule has 164 valence electrons. The van der Waals surface area contributed by atoms with Crippen molar-refractivity contribution in [3.8, 4) is 11.5 Å². The highest BCUT2D eigenvalue weighted by atomic mass is 16.5. The number of ether oxygens (including phenoxy) is 1. The van der Waals surface area contributed by atoms with Crippen molar-refractivity contribution in [2.24, 2.45) is 0 Å². The fourth-order valence-electron chi connectivity index (χ4n) is 4.07. The van der Waals surface area contributed by atoms with E-state index < -0.39 is 10.9 Å². The predicted molar refractivity (Wildman–Crippen MR) is 121 cm³/mol. The van der Waals surface area contributed by atoms with Gasteiger partial charge >= 0.3 is 0 Å². The van der Waals surface area contributed by atoms with Gasteiger partial charge in [-0.1, -0.05) is 6.07 Å². The number of aromatic amines is 2. The molecule has 1 saturated heterocycles. The Morgan fingerprint density at radius 2 is 1.94 bits per heavy atom. The number of rotatable bonds is 7. The van der Waals surface area contributed by atoms with Crippen LogP contribution in [0.5, 0.6) is 0 Å². The maximum atomic E-state index is 12.1. The summed E-state index contributed by atoms with van der Waals surface area (Å²) in [6, 6.07) is 6.49. The van der Waals surface area contributed by atoms with Gasteiger partial charge in [0.05, 0.1) is 36.1 Å². The van der Waals surface area contributed by atoms with Crippen LogP contribution in [0, 0.1) is 0 Å². The van der Waals surface area contributed by atoms with Gasteiger partial charge in [-0.15, -0.1) is 0 Å².